The molecule has 8 heteroatoms. The number of nitrogens with zero attached hydrogens (tertiary/aromatic N) is 4. The van der Waals surface area contributed by atoms with Crippen molar-refractivity contribution in [3.05, 3.63) is 29.3 Å². The van der Waals surface area contributed by atoms with Gasteiger partial charge < -0.3 is 9.80 Å². The molecule has 1 unspecified atom stereocenters. The Morgan fingerprint density at radius 1 is 1.21 bits per heavy atom. The summed E-state index contributed by atoms with van der Waals surface area (Å²) in [4.78, 5) is 8.76. The fourth-order valence-electron chi connectivity index (χ4n) is 2.86. The summed E-state index contributed by atoms with van der Waals surface area (Å²) in [5.41, 5.74) is -0.543. The molecule has 0 aliphatic carbocycles. The highest BCUT2D eigenvalue weighted by molar-refractivity contribution is 8.14. The second-order valence-corrected chi connectivity index (χ2v) is 7.27. The molecule has 0 amide bonds. The van der Waals surface area contributed by atoms with Crippen LogP contribution in [0, 0.1) is 11.3 Å². The van der Waals surface area contributed by atoms with E-state index in [1.54, 1.807) is 17.8 Å². The Morgan fingerprint density at radius 3 is 2.42 bits per heavy atom. The van der Waals surface area contributed by atoms with Crippen molar-refractivity contribution in [2.24, 2.45) is 4.99 Å². The van der Waals surface area contributed by atoms with Gasteiger partial charge in [-0.3, -0.25) is 4.99 Å². The van der Waals surface area contributed by atoms with Crippen LogP contribution in [0.4, 0.5) is 18.9 Å². The molecule has 1 aromatic carbocycles. The molecule has 128 valence electrons. The molecular formula is C16H17F3N4S. The molecule has 2 aliphatic heterocycles. The highest BCUT2D eigenvalue weighted by Crippen LogP contribution is 2.34. The molecule has 0 N–H and O–H groups in total. The maximum atomic E-state index is 12.9. The smallest absolute Gasteiger partial charge is 0.368 e. The summed E-state index contributed by atoms with van der Waals surface area (Å²) in [5, 5.41) is 10.6. The lowest BCUT2D eigenvalue weighted by molar-refractivity contribution is -0.137. The van der Waals surface area contributed by atoms with E-state index in [2.05, 4.69) is 16.8 Å². The number of hydrogen-bond acceptors (Lipinski definition) is 5. The number of hydrogen-bond donors (Lipinski definition) is 0. The van der Waals surface area contributed by atoms with Crippen molar-refractivity contribution in [3.8, 4) is 6.07 Å². The molecule has 1 atom stereocenters. The molecule has 2 heterocycles. The topological polar surface area (TPSA) is 42.6 Å². The highest BCUT2D eigenvalue weighted by Gasteiger charge is 2.34. The molecule has 0 spiro atoms. The number of anilines is 1. The van der Waals surface area contributed by atoms with Crippen molar-refractivity contribution in [2.45, 2.75) is 18.3 Å². The Hall–Kier alpha value is -1.88. The van der Waals surface area contributed by atoms with Crippen molar-refractivity contribution in [2.75, 3.05) is 37.6 Å². The predicted molar refractivity (Wildman–Crippen MR) is 89.3 cm³/mol. The summed E-state index contributed by atoms with van der Waals surface area (Å²) in [6.45, 7) is 5.94. The van der Waals surface area contributed by atoms with Crippen molar-refractivity contribution < 1.29 is 13.2 Å². The lowest BCUT2D eigenvalue weighted by atomic mass is 10.1. The van der Waals surface area contributed by atoms with Gasteiger partial charge in [0.2, 0.25) is 0 Å². The van der Waals surface area contributed by atoms with Gasteiger partial charge in [-0.1, -0.05) is 18.7 Å². The Morgan fingerprint density at radius 2 is 1.88 bits per heavy atom. The summed E-state index contributed by atoms with van der Waals surface area (Å²) in [5.74, 6) is 0. The van der Waals surface area contributed by atoms with Crippen molar-refractivity contribution in [1.82, 2.24) is 4.90 Å². The molecule has 0 aromatic heterocycles. The summed E-state index contributed by atoms with van der Waals surface area (Å²) < 4.78 is 38.6. The first-order valence-electron chi connectivity index (χ1n) is 7.71. The Labute approximate surface area is 142 Å². The molecule has 0 bridgehead atoms. The molecule has 1 aromatic rings. The summed E-state index contributed by atoms with van der Waals surface area (Å²) in [6.07, 6.45) is -4.50. The van der Waals surface area contributed by atoms with Crippen molar-refractivity contribution >= 4 is 22.6 Å². The van der Waals surface area contributed by atoms with Gasteiger partial charge in [-0.25, -0.2) is 0 Å². The molecule has 2 aliphatic rings. The Balaban J connectivity index is 1.70. The van der Waals surface area contributed by atoms with Gasteiger partial charge in [-0.2, -0.15) is 18.4 Å². The number of rotatable bonds is 1. The van der Waals surface area contributed by atoms with E-state index in [9.17, 15) is 13.2 Å². The van der Waals surface area contributed by atoms with Gasteiger partial charge in [0.15, 0.2) is 5.17 Å². The third kappa shape index (κ3) is 3.46. The van der Waals surface area contributed by atoms with Gasteiger partial charge in [0.1, 0.15) is 0 Å². The van der Waals surface area contributed by atoms with Crippen LogP contribution in [0.15, 0.2) is 23.2 Å². The number of piperazine rings is 1. The average molecular weight is 354 g/mol. The fraction of sp³-hybridized carbons (Fsp3) is 0.500. The van der Waals surface area contributed by atoms with Crippen LogP contribution in [0.1, 0.15) is 18.1 Å². The van der Waals surface area contributed by atoms with Gasteiger partial charge in [0.05, 0.1) is 23.7 Å². The van der Waals surface area contributed by atoms with Gasteiger partial charge in [0.25, 0.3) is 0 Å². The minimum Gasteiger partial charge on any atom is -0.368 e. The molecule has 3 rings (SSSR count). The van der Waals surface area contributed by atoms with E-state index in [1.165, 1.54) is 12.1 Å². The molecule has 4 nitrogen and oxygen atoms in total. The van der Waals surface area contributed by atoms with Crippen molar-refractivity contribution in [3.63, 3.8) is 0 Å². The predicted octanol–water partition coefficient (Wildman–Crippen LogP) is 3.19. The monoisotopic (exact) mass is 354 g/mol. The van der Waals surface area contributed by atoms with Gasteiger partial charge in [-0.15, -0.1) is 0 Å². The fourth-order valence-corrected chi connectivity index (χ4v) is 3.85. The molecule has 0 saturated carbocycles. The van der Waals surface area contributed by atoms with E-state index in [0.717, 1.165) is 30.9 Å². The first kappa shape index (κ1) is 17.0. The normalized spacial score (nSPS) is 21.6. The van der Waals surface area contributed by atoms with Crippen LogP contribution in [0.2, 0.25) is 0 Å². The van der Waals surface area contributed by atoms with Gasteiger partial charge in [-0.05, 0) is 18.2 Å². The number of nitriles is 1. The summed E-state index contributed by atoms with van der Waals surface area (Å²) in [7, 11) is 0. The van der Waals surface area contributed by atoms with Crippen LogP contribution in [0.5, 0.6) is 0 Å². The third-order valence-electron chi connectivity index (χ3n) is 4.13. The number of thioether (sulfide) groups is 1. The highest BCUT2D eigenvalue weighted by atomic mass is 32.2. The number of aliphatic imine (C=N–C) groups is 1. The van der Waals surface area contributed by atoms with Crippen molar-refractivity contribution in [1.29, 1.82) is 5.26 Å². The van der Waals surface area contributed by atoms with E-state index >= 15 is 0 Å². The van der Waals surface area contributed by atoms with Crippen LogP contribution in [-0.2, 0) is 6.18 Å². The maximum absolute atomic E-state index is 12.9. The number of amidine groups is 1. The SMILES string of the molecule is CC1CN=C(N2CCN(c3ccc(C(F)(F)F)c(C#N)c3)CC2)S1. The molecular weight excluding hydrogens is 337 g/mol. The van der Waals surface area contributed by atoms with E-state index in [-0.39, 0.29) is 5.56 Å². The number of alkyl halides is 3. The standard InChI is InChI=1S/C16H17F3N4S/c1-11-10-21-15(24-11)23-6-4-22(5-7-23)13-2-3-14(16(17,18)19)12(8-13)9-20/h2-3,8,11H,4-7,10H2,1H3. The Kier molecular flexibility index (Phi) is 4.63. The molecule has 0 radical (unpaired) electrons. The van der Waals surface area contributed by atoms with Crippen LogP contribution >= 0.6 is 11.8 Å². The quantitative estimate of drug-likeness (QED) is 0.777. The molecule has 24 heavy (non-hydrogen) atoms. The Bertz CT molecular complexity index is 688. The largest absolute Gasteiger partial charge is 0.417 e. The van der Waals surface area contributed by atoms with E-state index < -0.39 is 11.7 Å². The van der Waals surface area contributed by atoms with Crippen LogP contribution < -0.4 is 4.90 Å². The van der Waals surface area contributed by atoms with E-state index in [4.69, 9.17) is 5.26 Å². The zero-order chi connectivity index (χ0) is 17.3. The number of benzene rings is 1. The van der Waals surface area contributed by atoms with Gasteiger partial charge >= 0.3 is 6.18 Å². The zero-order valence-electron chi connectivity index (χ0n) is 13.2. The number of halogens is 3. The maximum Gasteiger partial charge on any atom is 0.417 e. The third-order valence-corrected chi connectivity index (χ3v) is 5.28. The minimum atomic E-state index is -4.50. The van der Waals surface area contributed by atoms with Crippen LogP contribution in [0.3, 0.4) is 0 Å². The second-order valence-electron chi connectivity index (χ2n) is 5.87. The molecule has 1 fully saturated rings. The minimum absolute atomic E-state index is 0.327. The first-order chi connectivity index (χ1) is 11.4. The summed E-state index contributed by atoms with van der Waals surface area (Å²) >= 11 is 1.77. The lowest BCUT2D eigenvalue weighted by Gasteiger charge is -2.37. The zero-order valence-corrected chi connectivity index (χ0v) is 14.0. The first-order valence-corrected chi connectivity index (χ1v) is 8.59. The van der Waals surface area contributed by atoms with Crippen LogP contribution in [0.25, 0.3) is 0 Å². The van der Waals surface area contributed by atoms with E-state index in [0.29, 0.717) is 24.0 Å². The second kappa shape index (κ2) is 6.55. The molecule has 1 saturated heterocycles. The van der Waals surface area contributed by atoms with Gasteiger partial charge in [0, 0.05) is 37.1 Å². The lowest BCUT2D eigenvalue weighted by Crippen LogP contribution is -2.48. The average Bonchev–Trinajstić information content (AvgIpc) is 3.00. The summed E-state index contributed by atoms with van der Waals surface area (Å²) in [6, 6.07) is 5.44. The van der Waals surface area contributed by atoms with Crippen LogP contribution in [-0.4, -0.2) is 48.0 Å². The van der Waals surface area contributed by atoms with E-state index in [1.807, 2.05) is 4.90 Å².